The molecule has 12 rings (SSSR count). The van der Waals surface area contributed by atoms with Crippen molar-refractivity contribution in [2.75, 3.05) is 0 Å². The van der Waals surface area contributed by atoms with E-state index in [1.165, 1.54) is 10.8 Å². The van der Waals surface area contributed by atoms with Crippen LogP contribution >= 0.6 is 0 Å². The van der Waals surface area contributed by atoms with Gasteiger partial charge >= 0.3 is 0 Å². The van der Waals surface area contributed by atoms with Gasteiger partial charge in [0.25, 0.3) is 0 Å². The Morgan fingerprint density at radius 1 is 0.322 bits per heavy atom. The molecule has 5 heteroatoms. The highest BCUT2D eigenvalue weighted by Crippen LogP contribution is 2.43. The maximum Gasteiger partial charge on any atom is 0.235 e. The van der Waals surface area contributed by atoms with Crippen molar-refractivity contribution in [3.8, 4) is 56.6 Å². The van der Waals surface area contributed by atoms with E-state index in [1.807, 2.05) is 18.2 Å². The van der Waals surface area contributed by atoms with Crippen LogP contribution in [0, 0.1) is 0 Å². The van der Waals surface area contributed by atoms with Gasteiger partial charge in [0.2, 0.25) is 11.8 Å². The zero-order chi connectivity index (χ0) is 38.9. The first-order chi connectivity index (χ1) is 29.3. The maximum atomic E-state index is 6.77. The SMILES string of the molecule is c1ccc(-c2cc(-c3ccccc3)nc(-n3c4ccccc4c4cc(-c5ccc6c(c5)c5ccccc5n6-c5oc6ccccc6c5-c5ccccc5)ccc43)n2)cc1. The summed E-state index contributed by atoms with van der Waals surface area (Å²) in [4.78, 5) is 10.4. The van der Waals surface area contributed by atoms with Crippen LogP contribution in [0.5, 0.6) is 0 Å². The van der Waals surface area contributed by atoms with Crippen molar-refractivity contribution in [2.24, 2.45) is 0 Å². The number of hydrogen-bond acceptors (Lipinski definition) is 3. The van der Waals surface area contributed by atoms with Crippen LogP contribution in [0.4, 0.5) is 0 Å². The molecule has 59 heavy (non-hydrogen) atoms. The first-order valence-corrected chi connectivity index (χ1v) is 19.9. The minimum atomic E-state index is 0.638. The van der Waals surface area contributed by atoms with Crippen molar-refractivity contribution in [1.82, 2.24) is 19.1 Å². The van der Waals surface area contributed by atoms with E-state index >= 15 is 0 Å². The predicted octanol–water partition coefficient (Wildman–Crippen LogP) is 14.1. The summed E-state index contributed by atoms with van der Waals surface area (Å²) in [5, 5.41) is 5.73. The van der Waals surface area contributed by atoms with E-state index < -0.39 is 0 Å². The van der Waals surface area contributed by atoms with E-state index in [2.05, 4.69) is 197 Å². The number of hydrogen-bond donors (Lipinski definition) is 0. The molecule has 8 aromatic carbocycles. The molecule has 0 unspecified atom stereocenters. The van der Waals surface area contributed by atoms with Gasteiger partial charge in [-0.25, -0.2) is 9.97 Å². The molecule has 0 atom stereocenters. The molecule has 0 fully saturated rings. The summed E-state index contributed by atoms with van der Waals surface area (Å²) in [5.74, 6) is 1.46. The molecule has 0 spiro atoms. The Morgan fingerprint density at radius 2 is 0.763 bits per heavy atom. The van der Waals surface area contributed by atoms with Crippen molar-refractivity contribution >= 4 is 54.6 Å². The maximum absolute atomic E-state index is 6.77. The van der Waals surface area contributed by atoms with Gasteiger partial charge < -0.3 is 4.42 Å². The highest BCUT2D eigenvalue weighted by molar-refractivity contribution is 6.13. The lowest BCUT2D eigenvalue weighted by molar-refractivity contribution is 0.591. The van der Waals surface area contributed by atoms with E-state index in [4.69, 9.17) is 14.4 Å². The molecule has 0 aliphatic rings. The van der Waals surface area contributed by atoms with Crippen molar-refractivity contribution in [3.05, 3.63) is 206 Å². The highest BCUT2D eigenvalue weighted by Gasteiger charge is 2.23. The average Bonchev–Trinajstić information content (AvgIpc) is 3.97. The van der Waals surface area contributed by atoms with E-state index in [1.54, 1.807) is 0 Å². The van der Waals surface area contributed by atoms with Crippen molar-refractivity contribution < 1.29 is 4.42 Å². The number of nitrogens with zero attached hydrogens (tertiary/aromatic N) is 4. The van der Waals surface area contributed by atoms with Crippen LogP contribution in [0.15, 0.2) is 211 Å². The third-order valence-electron chi connectivity index (χ3n) is 11.6. The van der Waals surface area contributed by atoms with Gasteiger partial charge in [0.15, 0.2) is 0 Å². The molecule has 4 aromatic heterocycles. The largest absolute Gasteiger partial charge is 0.439 e. The van der Waals surface area contributed by atoms with Crippen LogP contribution in [0.25, 0.3) is 111 Å². The number of para-hydroxylation sites is 3. The van der Waals surface area contributed by atoms with Crippen LogP contribution in [-0.4, -0.2) is 19.1 Å². The van der Waals surface area contributed by atoms with E-state index in [9.17, 15) is 0 Å². The normalized spacial score (nSPS) is 11.7. The summed E-state index contributed by atoms with van der Waals surface area (Å²) in [6.07, 6.45) is 0. The Morgan fingerprint density at radius 3 is 1.34 bits per heavy atom. The highest BCUT2D eigenvalue weighted by atomic mass is 16.4. The minimum Gasteiger partial charge on any atom is -0.439 e. The molecule has 0 aliphatic carbocycles. The van der Waals surface area contributed by atoms with Crippen LogP contribution in [0.1, 0.15) is 0 Å². The molecular formula is C54H34N4O. The van der Waals surface area contributed by atoms with Gasteiger partial charge in [-0.3, -0.25) is 9.13 Å². The fourth-order valence-corrected chi connectivity index (χ4v) is 8.86. The molecule has 0 bridgehead atoms. The molecule has 0 N–H and O–H groups in total. The Kier molecular flexibility index (Phi) is 7.47. The molecule has 0 saturated carbocycles. The molecule has 5 nitrogen and oxygen atoms in total. The van der Waals surface area contributed by atoms with E-state index in [-0.39, 0.29) is 0 Å². The number of benzene rings is 8. The molecule has 4 heterocycles. The Balaban J connectivity index is 1.04. The molecule has 12 aromatic rings. The van der Waals surface area contributed by atoms with E-state index in [0.29, 0.717) is 5.95 Å². The number of rotatable bonds is 6. The standard InChI is InChI=1S/C54H34N4O/c1-4-16-35(17-5-1)45-34-46(36-18-6-2-7-19-36)56-54(55-45)58-48-26-14-11-23-41(48)44-33-39(29-31-50(44)58)38-28-30-49-43(32-38)40-22-10-13-25-47(40)57(49)53-52(37-20-8-3-9-21-37)42-24-12-15-27-51(42)59-53/h1-34H. The Labute approximate surface area is 339 Å². The first-order valence-electron chi connectivity index (χ1n) is 19.9. The summed E-state index contributed by atoms with van der Waals surface area (Å²) >= 11 is 0. The fraction of sp³-hybridized carbons (Fsp3) is 0. The lowest BCUT2D eigenvalue weighted by atomic mass is 10.0. The Hall–Kier alpha value is -8.02. The first kappa shape index (κ1) is 33.2. The lowest BCUT2D eigenvalue weighted by Crippen LogP contribution is -2.03. The van der Waals surface area contributed by atoms with Gasteiger partial charge in [0.1, 0.15) is 5.58 Å². The van der Waals surface area contributed by atoms with Gasteiger partial charge in [-0.15, -0.1) is 0 Å². The van der Waals surface area contributed by atoms with Crippen molar-refractivity contribution in [1.29, 1.82) is 0 Å². The molecule has 0 radical (unpaired) electrons. The number of fused-ring (bicyclic) bond motifs is 7. The molecular weight excluding hydrogens is 721 g/mol. The zero-order valence-corrected chi connectivity index (χ0v) is 31.8. The molecule has 0 aliphatic heterocycles. The van der Waals surface area contributed by atoms with Crippen LogP contribution < -0.4 is 0 Å². The average molecular weight is 755 g/mol. The summed E-state index contributed by atoms with van der Waals surface area (Å²) < 4.78 is 11.3. The van der Waals surface area contributed by atoms with Crippen LogP contribution in [0.3, 0.4) is 0 Å². The summed E-state index contributed by atoms with van der Waals surface area (Å²) in [6.45, 7) is 0. The summed E-state index contributed by atoms with van der Waals surface area (Å²) in [7, 11) is 0. The second kappa shape index (κ2) is 13.3. The van der Waals surface area contributed by atoms with Gasteiger partial charge in [0, 0.05) is 38.1 Å². The van der Waals surface area contributed by atoms with Gasteiger partial charge in [-0.1, -0.05) is 158 Å². The third kappa shape index (κ3) is 5.33. The fourth-order valence-electron chi connectivity index (χ4n) is 8.86. The van der Waals surface area contributed by atoms with Crippen molar-refractivity contribution in [3.63, 3.8) is 0 Å². The lowest BCUT2D eigenvalue weighted by Gasteiger charge is -2.12. The second-order valence-corrected chi connectivity index (χ2v) is 15.0. The minimum absolute atomic E-state index is 0.638. The second-order valence-electron chi connectivity index (χ2n) is 15.0. The van der Waals surface area contributed by atoms with Crippen molar-refractivity contribution in [2.45, 2.75) is 0 Å². The molecule has 0 saturated heterocycles. The van der Waals surface area contributed by atoms with Gasteiger partial charge in [-0.2, -0.15) is 0 Å². The van der Waals surface area contributed by atoms with Crippen LogP contribution in [0.2, 0.25) is 0 Å². The Bertz CT molecular complexity index is 3490. The number of aromatic nitrogens is 4. The van der Waals surface area contributed by atoms with E-state index in [0.717, 1.165) is 94.5 Å². The third-order valence-corrected chi connectivity index (χ3v) is 11.6. The topological polar surface area (TPSA) is 48.8 Å². The predicted molar refractivity (Wildman–Crippen MR) is 242 cm³/mol. The quantitative estimate of drug-likeness (QED) is 0.170. The van der Waals surface area contributed by atoms with Gasteiger partial charge in [-0.05, 0) is 65.2 Å². The molecule has 276 valence electrons. The summed E-state index contributed by atoms with van der Waals surface area (Å²) in [5.41, 5.74) is 13.5. The number of furan rings is 1. The summed E-state index contributed by atoms with van der Waals surface area (Å²) in [6, 6.07) is 72.4. The molecule has 0 amide bonds. The monoisotopic (exact) mass is 754 g/mol. The van der Waals surface area contributed by atoms with Gasteiger partial charge in [0.05, 0.1) is 39.0 Å². The smallest absolute Gasteiger partial charge is 0.235 e. The zero-order valence-electron chi connectivity index (χ0n) is 31.8. The van der Waals surface area contributed by atoms with Crippen LogP contribution in [-0.2, 0) is 0 Å².